The number of rotatable bonds is 5. The zero-order valence-electron chi connectivity index (χ0n) is 10.1. The van der Waals surface area contributed by atoms with Gasteiger partial charge in [-0.2, -0.15) is 0 Å². The van der Waals surface area contributed by atoms with Crippen molar-refractivity contribution in [3.63, 3.8) is 0 Å². The first-order chi connectivity index (χ1) is 8.69. The van der Waals surface area contributed by atoms with Crippen LogP contribution < -0.4 is 16.0 Å². The summed E-state index contributed by atoms with van der Waals surface area (Å²) in [6.07, 6.45) is 5.05. The molecule has 0 saturated heterocycles. The van der Waals surface area contributed by atoms with Crippen LogP contribution in [0.3, 0.4) is 0 Å². The molecule has 0 aliphatic rings. The van der Waals surface area contributed by atoms with Crippen LogP contribution in [0.2, 0.25) is 0 Å². The Morgan fingerprint density at radius 3 is 2.72 bits per heavy atom. The summed E-state index contributed by atoms with van der Waals surface area (Å²) in [6, 6.07) is 6.79. The summed E-state index contributed by atoms with van der Waals surface area (Å²) in [5, 5.41) is 7.94. The van der Waals surface area contributed by atoms with Crippen molar-refractivity contribution in [2.45, 2.75) is 0 Å². The molecule has 5 nitrogen and oxygen atoms in total. The maximum atomic E-state index is 11.6. The van der Waals surface area contributed by atoms with E-state index in [-0.39, 0.29) is 18.4 Å². The third kappa shape index (κ3) is 3.92. The molecule has 0 aromatic heterocycles. The standard InChI is InChI=1S/C13H15N3O2/c1-3-8-15-9-12(17)16-11-7-5-4-6-10(11)13(18)14-2/h1,4-7,15H,8-9H2,2H3,(H,14,18)(H,16,17). The maximum Gasteiger partial charge on any atom is 0.253 e. The Morgan fingerprint density at radius 2 is 2.06 bits per heavy atom. The molecule has 3 N–H and O–H groups in total. The van der Waals surface area contributed by atoms with Crippen LogP contribution in [-0.4, -0.2) is 32.0 Å². The zero-order chi connectivity index (χ0) is 13.4. The highest BCUT2D eigenvalue weighted by Crippen LogP contribution is 2.14. The van der Waals surface area contributed by atoms with E-state index in [1.54, 1.807) is 24.3 Å². The summed E-state index contributed by atoms with van der Waals surface area (Å²) < 4.78 is 0. The largest absolute Gasteiger partial charge is 0.355 e. The smallest absolute Gasteiger partial charge is 0.253 e. The van der Waals surface area contributed by atoms with Crippen LogP contribution in [-0.2, 0) is 4.79 Å². The monoisotopic (exact) mass is 245 g/mol. The van der Waals surface area contributed by atoms with Crippen molar-refractivity contribution in [3.05, 3.63) is 29.8 Å². The Hall–Kier alpha value is -2.32. The average Bonchev–Trinajstić information content (AvgIpc) is 2.39. The molecule has 0 saturated carbocycles. The summed E-state index contributed by atoms with van der Waals surface area (Å²) in [7, 11) is 1.54. The number of hydrogen-bond donors (Lipinski definition) is 3. The van der Waals surface area contributed by atoms with E-state index in [1.165, 1.54) is 7.05 Å². The molecule has 1 aromatic carbocycles. The normalized spacial score (nSPS) is 9.33. The van der Waals surface area contributed by atoms with E-state index in [1.807, 2.05) is 0 Å². The molecule has 18 heavy (non-hydrogen) atoms. The van der Waals surface area contributed by atoms with Gasteiger partial charge in [-0.1, -0.05) is 18.1 Å². The van der Waals surface area contributed by atoms with Gasteiger partial charge in [0.15, 0.2) is 0 Å². The predicted molar refractivity (Wildman–Crippen MR) is 70.2 cm³/mol. The molecule has 0 heterocycles. The minimum atomic E-state index is -0.249. The van der Waals surface area contributed by atoms with Gasteiger partial charge < -0.3 is 10.6 Å². The number of hydrogen-bond acceptors (Lipinski definition) is 3. The van der Waals surface area contributed by atoms with Crippen LogP contribution in [0, 0.1) is 12.3 Å². The fourth-order valence-corrected chi connectivity index (χ4v) is 1.37. The number of terminal acetylenes is 1. The Kier molecular flexibility index (Phi) is 5.42. The van der Waals surface area contributed by atoms with Gasteiger partial charge in [0.05, 0.1) is 24.3 Å². The van der Waals surface area contributed by atoms with Gasteiger partial charge in [-0.3, -0.25) is 14.9 Å². The summed E-state index contributed by atoms with van der Waals surface area (Å²) in [5.74, 6) is 1.87. The highest BCUT2D eigenvalue weighted by Gasteiger charge is 2.10. The van der Waals surface area contributed by atoms with Crippen LogP contribution in [0.25, 0.3) is 0 Å². The van der Waals surface area contributed by atoms with E-state index in [2.05, 4.69) is 21.9 Å². The first kappa shape index (κ1) is 13.7. The Balaban J connectivity index is 2.70. The number of carbonyl (C=O) groups is 2. The summed E-state index contributed by atoms with van der Waals surface area (Å²) in [5.41, 5.74) is 0.898. The van der Waals surface area contributed by atoms with E-state index in [9.17, 15) is 9.59 Å². The fourth-order valence-electron chi connectivity index (χ4n) is 1.37. The molecule has 0 aliphatic heterocycles. The lowest BCUT2D eigenvalue weighted by molar-refractivity contribution is -0.115. The third-order valence-corrected chi connectivity index (χ3v) is 2.19. The van der Waals surface area contributed by atoms with Crippen molar-refractivity contribution in [1.82, 2.24) is 10.6 Å². The second-order valence-electron chi connectivity index (χ2n) is 3.48. The van der Waals surface area contributed by atoms with E-state index in [0.717, 1.165) is 0 Å². The number of carbonyl (C=O) groups excluding carboxylic acids is 2. The van der Waals surface area contributed by atoms with Crippen LogP contribution >= 0.6 is 0 Å². The molecule has 0 atom stereocenters. The lowest BCUT2D eigenvalue weighted by Gasteiger charge is -2.09. The van der Waals surface area contributed by atoms with Gasteiger partial charge in [0, 0.05) is 7.05 Å². The minimum Gasteiger partial charge on any atom is -0.355 e. The summed E-state index contributed by atoms with van der Waals surface area (Å²) in [4.78, 5) is 23.1. The third-order valence-electron chi connectivity index (χ3n) is 2.19. The van der Waals surface area contributed by atoms with Gasteiger partial charge in [0.25, 0.3) is 5.91 Å². The van der Waals surface area contributed by atoms with Crippen LogP contribution in [0.4, 0.5) is 5.69 Å². The molecule has 0 spiro atoms. The topological polar surface area (TPSA) is 70.2 Å². The average molecular weight is 245 g/mol. The Labute approximate surface area is 106 Å². The van der Waals surface area contributed by atoms with Crippen LogP contribution in [0.15, 0.2) is 24.3 Å². The molecule has 0 bridgehead atoms. The van der Waals surface area contributed by atoms with Gasteiger partial charge >= 0.3 is 0 Å². The highest BCUT2D eigenvalue weighted by atomic mass is 16.2. The van der Waals surface area contributed by atoms with E-state index in [0.29, 0.717) is 17.8 Å². The number of benzene rings is 1. The SMILES string of the molecule is C#CCNCC(=O)Nc1ccccc1C(=O)NC. The first-order valence-electron chi connectivity index (χ1n) is 5.44. The number of para-hydroxylation sites is 1. The summed E-state index contributed by atoms with van der Waals surface area (Å²) in [6.45, 7) is 0.427. The van der Waals surface area contributed by atoms with Gasteiger partial charge in [-0.15, -0.1) is 6.42 Å². The zero-order valence-corrected chi connectivity index (χ0v) is 10.1. The second-order valence-corrected chi connectivity index (χ2v) is 3.48. The number of amides is 2. The molecular weight excluding hydrogens is 230 g/mol. The molecule has 0 aliphatic carbocycles. The molecule has 1 aromatic rings. The lowest BCUT2D eigenvalue weighted by atomic mass is 10.1. The fraction of sp³-hybridized carbons (Fsp3) is 0.231. The molecule has 94 valence electrons. The Morgan fingerprint density at radius 1 is 1.33 bits per heavy atom. The number of anilines is 1. The van der Waals surface area contributed by atoms with Crippen molar-refractivity contribution in [2.75, 3.05) is 25.5 Å². The van der Waals surface area contributed by atoms with Gasteiger partial charge in [0.1, 0.15) is 0 Å². The Bertz CT molecular complexity index is 477. The van der Waals surface area contributed by atoms with Crippen molar-refractivity contribution < 1.29 is 9.59 Å². The van der Waals surface area contributed by atoms with E-state index >= 15 is 0 Å². The maximum absolute atomic E-state index is 11.6. The minimum absolute atomic E-state index is 0.103. The first-order valence-corrected chi connectivity index (χ1v) is 5.44. The van der Waals surface area contributed by atoms with Crippen molar-refractivity contribution >= 4 is 17.5 Å². The van der Waals surface area contributed by atoms with E-state index < -0.39 is 0 Å². The predicted octanol–water partition coefficient (Wildman–Crippen LogP) is 0.207. The molecular formula is C13H15N3O2. The van der Waals surface area contributed by atoms with Crippen LogP contribution in [0.5, 0.6) is 0 Å². The molecule has 2 amide bonds. The summed E-state index contributed by atoms with van der Waals surface area (Å²) >= 11 is 0. The van der Waals surface area contributed by atoms with Gasteiger partial charge in [-0.05, 0) is 12.1 Å². The van der Waals surface area contributed by atoms with Crippen molar-refractivity contribution in [3.8, 4) is 12.3 Å². The van der Waals surface area contributed by atoms with Gasteiger partial charge in [-0.25, -0.2) is 0 Å². The highest BCUT2D eigenvalue weighted by molar-refractivity contribution is 6.03. The molecule has 5 heteroatoms. The van der Waals surface area contributed by atoms with Crippen LogP contribution in [0.1, 0.15) is 10.4 Å². The lowest BCUT2D eigenvalue weighted by Crippen LogP contribution is -2.29. The molecule has 0 unspecified atom stereocenters. The molecule has 0 radical (unpaired) electrons. The van der Waals surface area contributed by atoms with Crippen molar-refractivity contribution in [1.29, 1.82) is 0 Å². The quantitative estimate of drug-likeness (QED) is 0.513. The second kappa shape index (κ2) is 7.09. The molecule has 0 fully saturated rings. The van der Waals surface area contributed by atoms with E-state index in [4.69, 9.17) is 6.42 Å². The van der Waals surface area contributed by atoms with Gasteiger partial charge in [0.2, 0.25) is 5.91 Å². The number of nitrogens with one attached hydrogen (secondary N) is 3. The molecule has 1 rings (SSSR count). The van der Waals surface area contributed by atoms with Crippen molar-refractivity contribution in [2.24, 2.45) is 0 Å².